The van der Waals surface area contributed by atoms with Crippen LogP contribution in [0.3, 0.4) is 0 Å². The van der Waals surface area contributed by atoms with Crippen LogP contribution in [0.2, 0.25) is 0 Å². The minimum Gasteiger partial charge on any atom is -0.507 e. The first-order valence-electron chi connectivity index (χ1n) is 25.8. The molecule has 0 saturated carbocycles. The summed E-state index contributed by atoms with van der Waals surface area (Å²) in [5, 5.41) is 42.8. The molecule has 6 aromatic carbocycles. The molecule has 9 nitrogen and oxygen atoms in total. The molecule has 0 aromatic heterocycles. The van der Waals surface area contributed by atoms with Crippen LogP contribution in [-0.2, 0) is 19.3 Å². The van der Waals surface area contributed by atoms with E-state index in [2.05, 4.69) is 79.3 Å². The van der Waals surface area contributed by atoms with Gasteiger partial charge in [0.25, 0.3) is 0 Å². The quantitative estimate of drug-likeness (QED) is 0.0374. The molecule has 1 heterocycles. The van der Waals surface area contributed by atoms with Crippen molar-refractivity contribution in [2.24, 2.45) is 5.73 Å². The second-order valence-electron chi connectivity index (χ2n) is 18.9. The molecule has 1 aliphatic heterocycles. The summed E-state index contributed by atoms with van der Waals surface area (Å²) in [5.74, 6) is -3.36. The van der Waals surface area contributed by atoms with E-state index in [1.165, 1.54) is 144 Å². The molecular weight excluding hydrogens is 859 g/mol. The Balaban J connectivity index is 0.000000199. The molecule has 0 aliphatic carbocycles. The van der Waals surface area contributed by atoms with E-state index in [4.69, 9.17) is 5.73 Å². The number of rotatable bonds is 24. The molecule has 0 saturated heterocycles. The summed E-state index contributed by atoms with van der Waals surface area (Å²) in [7, 11) is 4.29. The average Bonchev–Trinajstić information content (AvgIpc) is 3.51. The minimum absolute atomic E-state index is 0.0407. The Bertz CT molecular complexity index is 2350. The predicted octanol–water partition coefficient (Wildman–Crippen LogP) is 14.5. The van der Waals surface area contributed by atoms with Gasteiger partial charge in [-0.3, -0.25) is 0 Å². The highest BCUT2D eigenvalue weighted by atomic mass is 16.4. The predicted molar refractivity (Wildman–Crippen MR) is 287 cm³/mol. The third kappa shape index (κ3) is 16.4. The molecule has 0 bridgehead atoms. The van der Waals surface area contributed by atoms with Crippen LogP contribution in [0.25, 0.3) is 21.5 Å². The van der Waals surface area contributed by atoms with Crippen LogP contribution >= 0.6 is 0 Å². The lowest BCUT2D eigenvalue weighted by atomic mass is 9.90. The molecular formula is C60H79N3O6. The molecule has 370 valence electrons. The number of para-hydroxylation sites is 2. The highest BCUT2D eigenvalue weighted by Gasteiger charge is 2.23. The lowest BCUT2D eigenvalue weighted by Gasteiger charge is -2.27. The van der Waals surface area contributed by atoms with E-state index in [1.54, 1.807) is 48.5 Å². The second kappa shape index (κ2) is 29.2. The van der Waals surface area contributed by atoms with Gasteiger partial charge in [0.2, 0.25) is 0 Å². The summed E-state index contributed by atoms with van der Waals surface area (Å²) in [6.45, 7) is 5.36. The molecule has 6 N–H and O–H groups in total. The summed E-state index contributed by atoms with van der Waals surface area (Å²) in [4.78, 5) is 28.0. The summed E-state index contributed by atoms with van der Waals surface area (Å²) in [6.07, 6.45) is 26.3. The fourth-order valence-corrected chi connectivity index (χ4v) is 9.53. The van der Waals surface area contributed by atoms with Crippen LogP contribution < -0.4 is 10.6 Å². The van der Waals surface area contributed by atoms with Gasteiger partial charge < -0.3 is 36.0 Å². The number of anilines is 2. The van der Waals surface area contributed by atoms with Crippen molar-refractivity contribution < 1.29 is 30.0 Å². The van der Waals surface area contributed by atoms with E-state index >= 15 is 0 Å². The van der Waals surface area contributed by atoms with Crippen molar-refractivity contribution in [1.29, 1.82) is 0 Å². The Labute approximate surface area is 412 Å². The SMILES string of the molecule is CCCCCCCCCCCCCCCCCCN.CN(C)CCCN1c2ccccc2CCc2ccccc21.O=C(O)c1cc2ccccc2c(Cc2c(O)c(C(=O)O)cc3ccccc23)c1O. The van der Waals surface area contributed by atoms with Gasteiger partial charge in [-0.25, -0.2) is 9.59 Å². The Hall–Kier alpha value is -5.90. The third-order valence-corrected chi connectivity index (χ3v) is 13.3. The topological polar surface area (TPSA) is 148 Å². The molecule has 6 aromatic rings. The number of aromatic hydroxyl groups is 2. The van der Waals surface area contributed by atoms with Gasteiger partial charge in [-0.2, -0.15) is 0 Å². The fraction of sp³-hybridized carbons (Fsp3) is 0.433. The number of carboxylic acids is 2. The molecule has 0 fully saturated rings. The van der Waals surface area contributed by atoms with E-state index in [1.807, 2.05) is 0 Å². The molecule has 0 amide bonds. The molecule has 0 spiro atoms. The number of nitrogens with zero attached hydrogens (tertiary/aromatic N) is 2. The minimum atomic E-state index is -1.28. The third-order valence-electron chi connectivity index (χ3n) is 13.3. The lowest BCUT2D eigenvalue weighted by Crippen LogP contribution is -2.23. The highest BCUT2D eigenvalue weighted by Crippen LogP contribution is 2.39. The largest absolute Gasteiger partial charge is 0.507 e. The maximum absolute atomic E-state index is 11.6. The van der Waals surface area contributed by atoms with E-state index in [0.29, 0.717) is 32.7 Å². The van der Waals surface area contributed by atoms with E-state index < -0.39 is 23.4 Å². The van der Waals surface area contributed by atoms with E-state index in [0.717, 1.165) is 32.5 Å². The zero-order valence-electron chi connectivity index (χ0n) is 41.7. The standard InChI is InChI=1S/C23H16O6.C19H24N2.C18H39N/c24-20-16(14-7-3-1-5-12(14)9-18(20)22(26)27)11-17-15-8-4-2-6-13(15)10-19(21(17)25)23(28)29;1-20(2)14-7-15-21-18-10-5-3-8-16(18)12-13-17-9-4-6-11-19(17)21;1-2-3-4-5-6-7-8-9-10-11-12-13-14-15-16-17-18-19/h1-10,24-25H,11H2,(H,26,27)(H,28,29);3-6,8-11H,7,12-15H2,1-2H3;2-19H2,1H3. The van der Waals surface area contributed by atoms with Gasteiger partial charge in [-0.1, -0.05) is 188 Å². The fourth-order valence-electron chi connectivity index (χ4n) is 9.53. The molecule has 0 unspecified atom stereocenters. The number of phenols is 2. The van der Waals surface area contributed by atoms with Crippen LogP contribution in [0.15, 0.2) is 109 Å². The number of carbonyl (C=O) groups is 2. The number of aryl methyl sites for hydroxylation is 2. The highest BCUT2D eigenvalue weighted by molar-refractivity contribution is 6.02. The maximum Gasteiger partial charge on any atom is 0.339 e. The smallest absolute Gasteiger partial charge is 0.339 e. The van der Waals surface area contributed by atoms with Crippen LogP contribution in [0, 0.1) is 0 Å². The van der Waals surface area contributed by atoms with Crippen molar-refractivity contribution in [3.05, 3.63) is 143 Å². The number of benzene rings is 6. The van der Waals surface area contributed by atoms with Gasteiger partial charge in [-0.15, -0.1) is 0 Å². The molecule has 69 heavy (non-hydrogen) atoms. The molecule has 0 atom stereocenters. The second-order valence-corrected chi connectivity index (χ2v) is 18.9. The van der Waals surface area contributed by atoms with Crippen LogP contribution in [0.5, 0.6) is 11.5 Å². The number of carboxylic acid groups (broad SMARTS) is 2. The maximum atomic E-state index is 11.6. The van der Waals surface area contributed by atoms with E-state index in [-0.39, 0.29) is 17.5 Å². The van der Waals surface area contributed by atoms with Crippen molar-refractivity contribution in [1.82, 2.24) is 4.90 Å². The molecule has 0 radical (unpaired) electrons. The number of fused-ring (bicyclic) bond motifs is 4. The lowest BCUT2D eigenvalue weighted by molar-refractivity contribution is 0.0682. The van der Waals surface area contributed by atoms with Crippen LogP contribution in [0.1, 0.15) is 159 Å². The van der Waals surface area contributed by atoms with Gasteiger partial charge in [0.1, 0.15) is 22.6 Å². The first-order chi connectivity index (χ1) is 33.5. The number of nitrogens with two attached hydrogens (primary N) is 1. The summed E-state index contributed by atoms with van der Waals surface area (Å²) >= 11 is 0. The van der Waals surface area contributed by atoms with Crippen LogP contribution in [-0.4, -0.2) is 71.0 Å². The molecule has 7 rings (SSSR count). The normalized spacial score (nSPS) is 11.9. The van der Waals surface area contributed by atoms with Gasteiger partial charge in [-0.05, 0) is 110 Å². The number of hydrogen-bond donors (Lipinski definition) is 5. The Morgan fingerprint density at radius 1 is 0.536 bits per heavy atom. The van der Waals surface area contributed by atoms with Crippen LogP contribution in [0.4, 0.5) is 11.4 Å². The first-order valence-corrected chi connectivity index (χ1v) is 25.8. The average molecular weight is 938 g/mol. The monoisotopic (exact) mass is 938 g/mol. The Kier molecular flexibility index (Phi) is 22.9. The van der Waals surface area contributed by atoms with Crippen molar-refractivity contribution in [3.63, 3.8) is 0 Å². The molecule has 1 aliphatic rings. The van der Waals surface area contributed by atoms with Gasteiger partial charge >= 0.3 is 11.9 Å². The van der Waals surface area contributed by atoms with Crippen molar-refractivity contribution in [2.75, 3.05) is 38.6 Å². The summed E-state index contributed by atoms with van der Waals surface area (Å²) < 4.78 is 0. The van der Waals surface area contributed by atoms with Crippen molar-refractivity contribution >= 4 is 44.9 Å². The van der Waals surface area contributed by atoms with Gasteiger partial charge in [0.15, 0.2) is 0 Å². The number of unbranched alkanes of at least 4 members (excludes halogenated alkanes) is 15. The van der Waals surface area contributed by atoms with Gasteiger partial charge in [0.05, 0.1) is 0 Å². The Morgan fingerprint density at radius 2 is 0.913 bits per heavy atom. The summed E-state index contributed by atoms with van der Waals surface area (Å²) in [5.41, 5.74) is 11.3. The Morgan fingerprint density at radius 3 is 1.30 bits per heavy atom. The molecule has 9 heteroatoms. The van der Waals surface area contributed by atoms with E-state index in [9.17, 15) is 30.0 Å². The number of aromatic carboxylic acids is 2. The van der Waals surface area contributed by atoms with Gasteiger partial charge in [0, 0.05) is 35.5 Å². The summed E-state index contributed by atoms with van der Waals surface area (Å²) in [6, 6.07) is 34.5. The van der Waals surface area contributed by atoms with Crippen molar-refractivity contribution in [3.8, 4) is 11.5 Å². The zero-order valence-corrected chi connectivity index (χ0v) is 41.7. The first kappa shape index (κ1) is 54.0. The number of hydrogen-bond acceptors (Lipinski definition) is 7. The zero-order chi connectivity index (χ0) is 49.4. The van der Waals surface area contributed by atoms with Crippen molar-refractivity contribution in [2.45, 2.75) is 135 Å².